The summed E-state index contributed by atoms with van der Waals surface area (Å²) in [4.78, 5) is 28.0. The minimum absolute atomic E-state index is 0.0427. The number of carbonyl (C=O) groups is 2. The molecule has 1 N–H and O–H groups in total. The van der Waals surface area contributed by atoms with Crippen LogP contribution in [0, 0.1) is 5.82 Å². The number of sulfonamides is 1. The number of hydrogen-bond acceptors (Lipinski definition) is 4. The molecule has 2 amide bonds. The molecule has 1 atom stereocenters. The molecule has 1 saturated carbocycles. The quantitative estimate of drug-likeness (QED) is 0.486. The molecule has 9 heteroatoms. The molecular formula is C28H38FN3O4S. The van der Waals surface area contributed by atoms with Crippen molar-refractivity contribution in [2.45, 2.75) is 77.4 Å². The highest BCUT2D eigenvalue weighted by Gasteiger charge is 2.31. The van der Waals surface area contributed by atoms with Crippen molar-refractivity contribution in [1.29, 1.82) is 0 Å². The molecule has 37 heavy (non-hydrogen) atoms. The highest BCUT2D eigenvalue weighted by molar-refractivity contribution is 7.92. The second-order valence-electron chi connectivity index (χ2n) is 10.1. The monoisotopic (exact) mass is 531 g/mol. The lowest BCUT2D eigenvalue weighted by Crippen LogP contribution is -2.53. The first-order valence-corrected chi connectivity index (χ1v) is 14.7. The molecule has 0 aromatic heterocycles. The summed E-state index contributed by atoms with van der Waals surface area (Å²) in [5.41, 5.74) is 1.64. The number of amides is 2. The molecule has 0 spiro atoms. The lowest BCUT2D eigenvalue weighted by Gasteiger charge is -2.33. The largest absolute Gasteiger partial charge is 0.352 e. The summed E-state index contributed by atoms with van der Waals surface area (Å²) in [7, 11) is -3.82. The van der Waals surface area contributed by atoms with Gasteiger partial charge in [-0.05, 0) is 49.4 Å². The van der Waals surface area contributed by atoms with Crippen molar-refractivity contribution in [3.05, 3.63) is 65.5 Å². The van der Waals surface area contributed by atoms with E-state index in [1.165, 1.54) is 11.0 Å². The van der Waals surface area contributed by atoms with Crippen molar-refractivity contribution in [3.63, 3.8) is 0 Å². The first kappa shape index (κ1) is 28.6. The molecule has 0 bridgehead atoms. The third-order valence-electron chi connectivity index (χ3n) is 6.94. The highest BCUT2D eigenvalue weighted by Crippen LogP contribution is 2.23. The van der Waals surface area contributed by atoms with E-state index < -0.39 is 34.3 Å². The van der Waals surface area contributed by atoms with Gasteiger partial charge in [0.05, 0.1) is 11.9 Å². The van der Waals surface area contributed by atoms with Crippen LogP contribution in [0.4, 0.5) is 10.1 Å². The van der Waals surface area contributed by atoms with Gasteiger partial charge < -0.3 is 10.2 Å². The maximum Gasteiger partial charge on any atom is 0.244 e. The van der Waals surface area contributed by atoms with E-state index in [-0.39, 0.29) is 30.0 Å². The normalized spacial score (nSPS) is 15.3. The van der Waals surface area contributed by atoms with Crippen molar-refractivity contribution in [2.75, 3.05) is 17.1 Å². The van der Waals surface area contributed by atoms with Gasteiger partial charge >= 0.3 is 0 Å². The SMILES string of the molecule is CC(C)c1ccc(N(CC(=O)N(Cc2ccccc2F)[C@H](C)C(=O)NC2CCCCC2)S(C)(=O)=O)cc1. The van der Waals surface area contributed by atoms with Crippen molar-refractivity contribution in [3.8, 4) is 0 Å². The van der Waals surface area contributed by atoms with Gasteiger partial charge in [0.25, 0.3) is 0 Å². The molecule has 0 saturated heterocycles. The number of benzene rings is 2. The van der Waals surface area contributed by atoms with Crippen LogP contribution in [0.1, 0.15) is 69.9 Å². The smallest absolute Gasteiger partial charge is 0.244 e. The van der Waals surface area contributed by atoms with Crippen LogP contribution < -0.4 is 9.62 Å². The van der Waals surface area contributed by atoms with Crippen molar-refractivity contribution < 1.29 is 22.4 Å². The third-order valence-corrected chi connectivity index (χ3v) is 8.08. The number of rotatable bonds is 10. The van der Waals surface area contributed by atoms with E-state index in [2.05, 4.69) is 5.32 Å². The molecule has 7 nitrogen and oxygen atoms in total. The molecule has 3 rings (SSSR count). The number of nitrogens with zero attached hydrogens (tertiary/aromatic N) is 2. The van der Waals surface area contributed by atoms with E-state index in [0.29, 0.717) is 5.69 Å². The van der Waals surface area contributed by atoms with E-state index in [9.17, 15) is 22.4 Å². The van der Waals surface area contributed by atoms with E-state index in [1.54, 1.807) is 37.3 Å². The molecule has 0 radical (unpaired) electrons. The van der Waals surface area contributed by atoms with Gasteiger partial charge in [-0.25, -0.2) is 12.8 Å². The lowest BCUT2D eigenvalue weighted by atomic mass is 9.95. The Balaban J connectivity index is 1.87. The van der Waals surface area contributed by atoms with Gasteiger partial charge in [0.2, 0.25) is 21.8 Å². The predicted molar refractivity (Wildman–Crippen MR) is 144 cm³/mol. The van der Waals surface area contributed by atoms with Gasteiger partial charge in [0.1, 0.15) is 18.4 Å². The highest BCUT2D eigenvalue weighted by atomic mass is 32.2. The maximum atomic E-state index is 14.5. The Morgan fingerprint density at radius 1 is 1.00 bits per heavy atom. The molecular weight excluding hydrogens is 493 g/mol. The van der Waals surface area contributed by atoms with Gasteiger partial charge in [-0.2, -0.15) is 0 Å². The zero-order valence-corrected chi connectivity index (χ0v) is 22.9. The van der Waals surface area contributed by atoms with Crippen LogP contribution in [0.25, 0.3) is 0 Å². The lowest BCUT2D eigenvalue weighted by molar-refractivity contribution is -0.139. The van der Waals surface area contributed by atoms with Crippen LogP contribution in [0.5, 0.6) is 0 Å². The third kappa shape index (κ3) is 7.77. The molecule has 0 unspecified atom stereocenters. The number of halogens is 1. The van der Waals surface area contributed by atoms with Crippen LogP contribution in [-0.2, 0) is 26.2 Å². The van der Waals surface area contributed by atoms with Crippen LogP contribution in [0.3, 0.4) is 0 Å². The topological polar surface area (TPSA) is 86.8 Å². The number of carbonyl (C=O) groups excluding carboxylic acids is 2. The first-order valence-electron chi connectivity index (χ1n) is 12.9. The van der Waals surface area contributed by atoms with E-state index >= 15 is 0 Å². The van der Waals surface area contributed by atoms with Crippen LogP contribution in [-0.4, -0.2) is 50.0 Å². The Kier molecular flexibility index (Phi) is 9.70. The Morgan fingerprint density at radius 3 is 2.19 bits per heavy atom. The molecule has 2 aromatic rings. The van der Waals surface area contributed by atoms with Crippen LogP contribution >= 0.6 is 0 Å². The number of hydrogen-bond donors (Lipinski definition) is 1. The molecule has 1 aliphatic carbocycles. The summed E-state index contributed by atoms with van der Waals surface area (Å²) in [6, 6.07) is 12.2. The molecule has 1 aliphatic rings. The molecule has 2 aromatic carbocycles. The summed E-state index contributed by atoms with van der Waals surface area (Å²) in [5, 5.41) is 3.03. The van der Waals surface area contributed by atoms with E-state index in [0.717, 1.165) is 48.2 Å². The molecule has 202 valence electrons. The van der Waals surface area contributed by atoms with Gasteiger partial charge in [0, 0.05) is 18.2 Å². The standard InChI is InChI=1S/C28H38FN3O4S/c1-20(2)22-14-16-25(17-15-22)32(37(4,35)36)19-27(33)31(18-23-10-8-9-13-26(23)29)21(3)28(34)30-24-11-6-5-7-12-24/h8-10,13-17,20-21,24H,5-7,11-12,18-19H2,1-4H3,(H,30,34)/t21-/m1/s1. The zero-order valence-electron chi connectivity index (χ0n) is 22.1. The van der Waals surface area contributed by atoms with Gasteiger partial charge in [-0.1, -0.05) is 63.4 Å². The van der Waals surface area contributed by atoms with E-state index in [4.69, 9.17) is 0 Å². The number of nitrogens with one attached hydrogen (secondary N) is 1. The maximum absolute atomic E-state index is 14.5. The Labute approximate surface area is 220 Å². The summed E-state index contributed by atoms with van der Waals surface area (Å²) >= 11 is 0. The summed E-state index contributed by atoms with van der Waals surface area (Å²) in [5.74, 6) is -1.15. The minimum atomic E-state index is -3.82. The zero-order chi connectivity index (χ0) is 27.2. The molecule has 1 fully saturated rings. The summed E-state index contributed by atoms with van der Waals surface area (Å²) in [6.45, 7) is 5.00. The Morgan fingerprint density at radius 2 is 1.62 bits per heavy atom. The minimum Gasteiger partial charge on any atom is -0.352 e. The average Bonchev–Trinajstić information content (AvgIpc) is 2.86. The van der Waals surface area contributed by atoms with Crippen molar-refractivity contribution in [2.24, 2.45) is 0 Å². The number of anilines is 1. The Hall–Kier alpha value is -2.94. The van der Waals surface area contributed by atoms with Crippen LogP contribution in [0.15, 0.2) is 48.5 Å². The second kappa shape index (κ2) is 12.5. The van der Waals surface area contributed by atoms with Crippen molar-refractivity contribution >= 4 is 27.5 Å². The second-order valence-corrected chi connectivity index (χ2v) is 12.1. The van der Waals surface area contributed by atoms with Gasteiger partial charge in [-0.15, -0.1) is 0 Å². The summed E-state index contributed by atoms with van der Waals surface area (Å²) < 4.78 is 41.0. The van der Waals surface area contributed by atoms with Crippen molar-refractivity contribution in [1.82, 2.24) is 10.2 Å². The van der Waals surface area contributed by atoms with Gasteiger partial charge in [0.15, 0.2) is 0 Å². The summed E-state index contributed by atoms with van der Waals surface area (Å²) in [6.07, 6.45) is 6.02. The average molecular weight is 532 g/mol. The Bertz CT molecular complexity index is 1180. The fourth-order valence-electron chi connectivity index (χ4n) is 4.60. The molecule has 0 heterocycles. The van der Waals surface area contributed by atoms with Gasteiger partial charge in [-0.3, -0.25) is 13.9 Å². The predicted octanol–water partition coefficient (Wildman–Crippen LogP) is 4.58. The van der Waals surface area contributed by atoms with E-state index in [1.807, 2.05) is 26.0 Å². The molecule has 0 aliphatic heterocycles. The van der Waals surface area contributed by atoms with Crippen LogP contribution in [0.2, 0.25) is 0 Å². The fraction of sp³-hybridized carbons (Fsp3) is 0.500. The fourth-order valence-corrected chi connectivity index (χ4v) is 5.45. The first-order chi connectivity index (χ1) is 17.5.